The number of anilines is 1. The second-order valence-corrected chi connectivity index (χ2v) is 7.98. The molecule has 6 nitrogen and oxygen atoms in total. The number of rotatable bonds is 9. The lowest BCUT2D eigenvalue weighted by molar-refractivity contribution is -0.118. The van der Waals surface area contributed by atoms with E-state index in [1.54, 1.807) is 17.0 Å². The molecule has 0 heterocycles. The summed E-state index contributed by atoms with van der Waals surface area (Å²) in [5, 5.41) is 8.35. The van der Waals surface area contributed by atoms with Gasteiger partial charge in [0, 0.05) is 25.2 Å². The lowest BCUT2D eigenvalue weighted by Crippen LogP contribution is -2.33. The first-order chi connectivity index (χ1) is 12.8. The molecule has 0 saturated carbocycles. The SMILES string of the molecule is CCN(C(=O)CCNCCc1ccc(S(N)(=O)=O)cc1)c1cccc(C)c1. The van der Waals surface area contributed by atoms with Crippen molar-refractivity contribution >= 4 is 21.6 Å². The molecule has 7 heteroatoms. The van der Waals surface area contributed by atoms with Gasteiger partial charge in [-0.2, -0.15) is 0 Å². The molecule has 27 heavy (non-hydrogen) atoms. The molecular formula is C20H27N3O3S. The predicted molar refractivity (Wildman–Crippen MR) is 108 cm³/mol. The van der Waals surface area contributed by atoms with Crippen molar-refractivity contribution in [3.8, 4) is 0 Å². The number of carbonyl (C=O) groups is 1. The minimum absolute atomic E-state index is 0.0908. The number of amides is 1. The van der Waals surface area contributed by atoms with Gasteiger partial charge < -0.3 is 10.2 Å². The molecule has 2 aromatic carbocycles. The van der Waals surface area contributed by atoms with Crippen LogP contribution in [0.1, 0.15) is 24.5 Å². The summed E-state index contributed by atoms with van der Waals surface area (Å²) in [4.78, 5) is 14.4. The molecule has 3 N–H and O–H groups in total. The lowest BCUT2D eigenvalue weighted by atomic mass is 10.1. The van der Waals surface area contributed by atoms with Crippen LogP contribution in [0.15, 0.2) is 53.4 Å². The van der Waals surface area contributed by atoms with Gasteiger partial charge >= 0.3 is 0 Å². The minimum Gasteiger partial charge on any atom is -0.316 e. The second kappa shape index (κ2) is 9.64. The van der Waals surface area contributed by atoms with Crippen LogP contribution in [0.3, 0.4) is 0 Å². The summed E-state index contributed by atoms with van der Waals surface area (Å²) in [6, 6.07) is 14.5. The molecule has 146 valence electrons. The van der Waals surface area contributed by atoms with E-state index in [0.29, 0.717) is 26.1 Å². The number of nitrogens with one attached hydrogen (secondary N) is 1. The van der Waals surface area contributed by atoms with Crippen molar-refractivity contribution in [3.05, 3.63) is 59.7 Å². The van der Waals surface area contributed by atoms with Gasteiger partial charge in [-0.05, 0) is 62.2 Å². The third-order valence-corrected chi connectivity index (χ3v) is 5.22. The van der Waals surface area contributed by atoms with E-state index in [-0.39, 0.29) is 10.8 Å². The monoisotopic (exact) mass is 389 g/mol. The Balaban J connectivity index is 1.76. The number of hydrogen-bond acceptors (Lipinski definition) is 4. The third-order valence-electron chi connectivity index (χ3n) is 4.29. The number of aryl methyl sites for hydroxylation is 1. The largest absolute Gasteiger partial charge is 0.316 e. The molecule has 0 fully saturated rings. The fraction of sp³-hybridized carbons (Fsp3) is 0.350. The zero-order valence-electron chi connectivity index (χ0n) is 15.8. The molecule has 0 aliphatic rings. The molecule has 0 aliphatic carbocycles. The van der Waals surface area contributed by atoms with E-state index < -0.39 is 10.0 Å². The molecule has 0 radical (unpaired) electrons. The highest BCUT2D eigenvalue weighted by atomic mass is 32.2. The van der Waals surface area contributed by atoms with Crippen molar-refractivity contribution in [2.24, 2.45) is 5.14 Å². The fourth-order valence-electron chi connectivity index (χ4n) is 2.83. The van der Waals surface area contributed by atoms with Crippen molar-refractivity contribution in [1.82, 2.24) is 5.32 Å². The van der Waals surface area contributed by atoms with Crippen LogP contribution >= 0.6 is 0 Å². The van der Waals surface area contributed by atoms with E-state index in [1.165, 1.54) is 12.1 Å². The maximum atomic E-state index is 12.5. The molecule has 0 aromatic heterocycles. The Bertz CT molecular complexity index is 864. The van der Waals surface area contributed by atoms with Crippen molar-refractivity contribution in [2.45, 2.75) is 31.6 Å². The fourth-order valence-corrected chi connectivity index (χ4v) is 3.35. The molecule has 0 atom stereocenters. The van der Waals surface area contributed by atoms with E-state index >= 15 is 0 Å². The Hall–Kier alpha value is -2.22. The van der Waals surface area contributed by atoms with Gasteiger partial charge in [0.2, 0.25) is 15.9 Å². The zero-order valence-corrected chi connectivity index (χ0v) is 16.6. The van der Waals surface area contributed by atoms with Gasteiger partial charge in [-0.25, -0.2) is 13.6 Å². The lowest BCUT2D eigenvalue weighted by Gasteiger charge is -2.21. The second-order valence-electron chi connectivity index (χ2n) is 6.42. The van der Waals surface area contributed by atoms with E-state index in [9.17, 15) is 13.2 Å². The van der Waals surface area contributed by atoms with E-state index in [1.807, 2.05) is 38.1 Å². The van der Waals surface area contributed by atoms with Crippen LogP contribution in [-0.2, 0) is 21.2 Å². The van der Waals surface area contributed by atoms with Gasteiger partial charge in [-0.15, -0.1) is 0 Å². The number of sulfonamides is 1. The van der Waals surface area contributed by atoms with Crippen molar-refractivity contribution < 1.29 is 13.2 Å². The Kier molecular flexibility index (Phi) is 7.53. The molecule has 0 unspecified atom stereocenters. The number of nitrogens with two attached hydrogens (primary N) is 1. The quantitative estimate of drug-likeness (QED) is 0.643. The number of benzene rings is 2. The van der Waals surface area contributed by atoms with Crippen molar-refractivity contribution in [2.75, 3.05) is 24.5 Å². The molecular weight excluding hydrogens is 362 g/mol. The molecule has 0 spiro atoms. The molecule has 2 aromatic rings. The summed E-state index contributed by atoms with van der Waals surface area (Å²) in [7, 11) is -3.65. The highest BCUT2D eigenvalue weighted by molar-refractivity contribution is 7.89. The number of hydrogen-bond donors (Lipinski definition) is 2. The Morgan fingerprint density at radius 2 is 1.81 bits per heavy atom. The highest BCUT2D eigenvalue weighted by Gasteiger charge is 2.13. The van der Waals surface area contributed by atoms with Crippen LogP contribution in [0.5, 0.6) is 0 Å². The average molecular weight is 390 g/mol. The number of primary sulfonamides is 1. The average Bonchev–Trinajstić information content (AvgIpc) is 2.62. The van der Waals surface area contributed by atoms with Crippen LogP contribution in [0.4, 0.5) is 5.69 Å². The zero-order chi connectivity index (χ0) is 19.9. The molecule has 0 saturated heterocycles. The van der Waals surface area contributed by atoms with Crippen LogP contribution < -0.4 is 15.4 Å². The first-order valence-corrected chi connectivity index (χ1v) is 10.6. The van der Waals surface area contributed by atoms with Gasteiger partial charge in [0.1, 0.15) is 0 Å². The highest BCUT2D eigenvalue weighted by Crippen LogP contribution is 2.16. The van der Waals surface area contributed by atoms with Gasteiger partial charge in [0.05, 0.1) is 4.90 Å². The summed E-state index contributed by atoms with van der Waals surface area (Å²) in [6.45, 7) is 5.92. The van der Waals surface area contributed by atoms with Crippen LogP contribution in [-0.4, -0.2) is 34.0 Å². The van der Waals surface area contributed by atoms with Crippen LogP contribution in [0.2, 0.25) is 0 Å². The third kappa shape index (κ3) is 6.46. The molecule has 0 bridgehead atoms. The maximum absolute atomic E-state index is 12.5. The summed E-state index contributed by atoms with van der Waals surface area (Å²) >= 11 is 0. The maximum Gasteiger partial charge on any atom is 0.238 e. The Morgan fingerprint density at radius 3 is 2.41 bits per heavy atom. The van der Waals surface area contributed by atoms with Gasteiger partial charge in [0.15, 0.2) is 0 Å². The van der Waals surface area contributed by atoms with Gasteiger partial charge in [0.25, 0.3) is 0 Å². The Labute approximate surface area is 161 Å². The topological polar surface area (TPSA) is 92.5 Å². The minimum atomic E-state index is -3.65. The molecule has 1 amide bonds. The van der Waals surface area contributed by atoms with Gasteiger partial charge in [-0.3, -0.25) is 4.79 Å². The summed E-state index contributed by atoms with van der Waals surface area (Å²) in [5.74, 6) is 0.0908. The number of nitrogens with zero attached hydrogens (tertiary/aromatic N) is 1. The van der Waals surface area contributed by atoms with Crippen LogP contribution in [0, 0.1) is 6.92 Å². The summed E-state index contributed by atoms with van der Waals surface area (Å²) in [6.07, 6.45) is 1.17. The van der Waals surface area contributed by atoms with Crippen LogP contribution in [0.25, 0.3) is 0 Å². The summed E-state index contributed by atoms with van der Waals surface area (Å²) < 4.78 is 22.5. The Morgan fingerprint density at radius 1 is 1.11 bits per heavy atom. The molecule has 0 aliphatic heterocycles. The normalized spacial score (nSPS) is 11.4. The summed E-state index contributed by atoms with van der Waals surface area (Å²) in [5.41, 5.74) is 3.07. The number of carbonyl (C=O) groups excluding carboxylic acids is 1. The van der Waals surface area contributed by atoms with E-state index in [4.69, 9.17) is 5.14 Å². The standard InChI is InChI=1S/C20H27N3O3S/c1-3-23(18-6-4-5-16(2)15-18)20(24)12-14-22-13-11-17-7-9-19(10-8-17)27(21,25)26/h4-10,15,22H,3,11-14H2,1-2H3,(H2,21,25,26). The smallest absolute Gasteiger partial charge is 0.238 e. The van der Waals surface area contributed by atoms with Crippen molar-refractivity contribution in [1.29, 1.82) is 0 Å². The van der Waals surface area contributed by atoms with E-state index in [0.717, 1.165) is 23.2 Å². The first-order valence-electron chi connectivity index (χ1n) is 9.00. The van der Waals surface area contributed by atoms with Crippen molar-refractivity contribution in [3.63, 3.8) is 0 Å². The predicted octanol–water partition coefficient (Wildman–Crippen LogP) is 2.22. The first kappa shape index (κ1) is 21.1. The molecule has 2 rings (SSSR count). The van der Waals surface area contributed by atoms with Gasteiger partial charge in [-0.1, -0.05) is 24.3 Å². The van der Waals surface area contributed by atoms with E-state index in [2.05, 4.69) is 5.32 Å².